The number of nitrogens with zero attached hydrogens (tertiary/aromatic N) is 1. The number of benzene rings is 1. The van der Waals surface area contributed by atoms with E-state index in [1.807, 2.05) is 11.0 Å². The summed E-state index contributed by atoms with van der Waals surface area (Å²) < 4.78 is 0. The molecular formula is C22H28N2O4. The Morgan fingerprint density at radius 2 is 1.79 bits per heavy atom. The fraction of sp³-hybridized carbons (Fsp3) is 0.591. The van der Waals surface area contributed by atoms with Crippen molar-refractivity contribution in [3.05, 3.63) is 29.8 Å². The second kappa shape index (κ2) is 7.57. The van der Waals surface area contributed by atoms with Crippen molar-refractivity contribution in [3.8, 4) is 0 Å². The Morgan fingerprint density at radius 1 is 1.07 bits per heavy atom. The Balaban J connectivity index is 1.36. The first-order chi connectivity index (χ1) is 13.5. The number of nitrogens with one attached hydrogen (secondary N) is 1. The molecule has 0 radical (unpaired) electrons. The summed E-state index contributed by atoms with van der Waals surface area (Å²) in [5.74, 6) is -0.856. The summed E-state index contributed by atoms with van der Waals surface area (Å²) in [7, 11) is 0. The molecule has 28 heavy (non-hydrogen) atoms. The average molecular weight is 384 g/mol. The highest BCUT2D eigenvalue weighted by Crippen LogP contribution is 2.59. The normalized spacial score (nSPS) is 24.0. The van der Waals surface area contributed by atoms with Crippen LogP contribution in [0.3, 0.4) is 0 Å². The minimum Gasteiger partial charge on any atom is -0.481 e. The molecule has 1 saturated heterocycles. The Labute approximate surface area is 165 Å². The molecule has 1 aromatic carbocycles. The number of aliphatic carboxylic acids is 1. The molecule has 6 heteroatoms. The zero-order chi connectivity index (χ0) is 19.7. The van der Waals surface area contributed by atoms with E-state index in [2.05, 4.69) is 5.32 Å². The SMILES string of the molecule is O=C(Nc1cccc(C(=O)N2CCC3(CC2)CC3C(=O)O)c1)C1CCCCC1. The van der Waals surface area contributed by atoms with Crippen LogP contribution in [-0.4, -0.2) is 40.9 Å². The Kier molecular flexibility index (Phi) is 5.13. The van der Waals surface area contributed by atoms with Gasteiger partial charge in [-0.05, 0) is 55.7 Å². The fourth-order valence-corrected chi connectivity index (χ4v) is 4.93. The summed E-state index contributed by atoms with van der Waals surface area (Å²) in [6.07, 6.45) is 7.56. The Morgan fingerprint density at radius 3 is 2.43 bits per heavy atom. The number of carbonyl (C=O) groups excluding carboxylic acids is 2. The lowest BCUT2D eigenvalue weighted by Crippen LogP contribution is -2.40. The number of carboxylic acid groups (broad SMARTS) is 1. The van der Waals surface area contributed by atoms with Gasteiger partial charge in [-0.3, -0.25) is 14.4 Å². The molecule has 1 unspecified atom stereocenters. The molecule has 1 atom stereocenters. The second-order valence-electron chi connectivity index (χ2n) is 8.65. The van der Waals surface area contributed by atoms with E-state index in [0.717, 1.165) is 44.9 Å². The van der Waals surface area contributed by atoms with Gasteiger partial charge in [0.1, 0.15) is 0 Å². The smallest absolute Gasteiger partial charge is 0.307 e. The van der Waals surface area contributed by atoms with Crippen LogP contribution in [0.25, 0.3) is 0 Å². The molecule has 0 aromatic heterocycles. The topological polar surface area (TPSA) is 86.7 Å². The minimum atomic E-state index is -0.707. The van der Waals surface area contributed by atoms with Crippen LogP contribution >= 0.6 is 0 Å². The maximum Gasteiger partial charge on any atom is 0.307 e. The van der Waals surface area contributed by atoms with Gasteiger partial charge in [-0.2, -0.15) is 0 Å². The van der Waals surface area contributed by atoms with Gasteiger partial charge >= 0.3 is 5.97 Å². The number of piperidine rings is 1. The molecule has 1 heterocycles. The number of carboxylic acids is 1. The van der Waals surface area contributed by atoms with E-state index < -0.39 is 5.97 Å². The summed E-state index contributed by atoms with van der Waals surface area (Å²) in [6.45, 7) is 1.20. The van der Waals surface area contributed by atoms with Crippen LogP contribution in [0.1, 0.15) is 61.7 Å². The van der Waals surface area contributed by atoms with Gasteiger partial charge in [-0.1, -0.05) is 25.3 Å². The van der Waals surface area contributed by atoms with Gasteiger partial charge in [-0.15, -0.1) is 0 Å². The van der Waals surface area contributed by atoms with Gasteiger partial charge in [0.25, 0.3) is 5.91 Å². The van der Waals surface area contributed by atoms with Crippen molar-refractivity contribution in [2.75, 3.05) is 18.4 Å². The first-order valence-electron chi connectivity index (χ1n) is 10.4. The number of likely N-dealkylation sites (tertiary alicyclic amines) is 1. The largest absolute Gasteiger partial charge is 0.481 e. The highest BCUT2D eigenvalue weighted by molar-refractivity contribution is 5.97. The highest BCUT2D eigenvalue weighted by atomic mass is 16.4. The van der Waals surface area contributed by atoms with Gasteiger partial charge in [0, 0.05) is 30.3 Å². The molecule has 6 nitrogen and oxygen atoms in total. The number of amides is 2. The number of carbonyl (C=O) groups is 3. The predicted molar refractivity (Wildman–Crippen MR) is 105 cm³/mol. The molecule has 4 rings (SSSR count). The monoisotopic (exact) mass is 384 g/mol. The molecule has 2 aliphatic carbocycles. The average Bonchev–Trinajstić information content (AvgIpc) is 3.42. The molecule has 3 aliphatic rings. The molecule has 2 amide bonds. The van der Waals surface area contributed by atoms with Crippen molar-refractivity contribution in [2.45, 2.75) is 51.4 Å². The molecule has 3 fully saturated rings. The van der Waals surface area contributed by atoms with Crippen LogP contribution < -0.4 is 5.32 Å². The quantitative estimate of drug-likeness (QED) is 0.831. The van der Waals surface area contributed by atoms with Crippen LogP contribution in [0.5, 0.6) is 0 Å². The summed E-state index contributed by atoms with van der Waals surface area (Å²) in [5, 5.41) is 12.2. The lowest BCUT2D eigenvalue weighted by Gasteiger charge is -2.32. The molecule has 1 aromatic rings. The zero-order valence-corrected chi connectivity index (χ0v) is 16.2. The van der Waals surface area contributed by atoms with E-state index in [0.29, 0.717) is 24.3 Å². The van der Waals surface area contributed by atoms with Crippen molar-refractivity contribution in [1.82, 2.24) is 4.90 Å². The van der Waals surface area contributed by atoms with Gasteiger partial charge in [0.05, 0.1) is 5.92 Å². The van der Waals surface area contributed by atoms with E-state index >= 15 is 0 Å². The summed E-state index contributed by atoms with van der Waals surface area (Å²) in [6, 6.07) is 7.16. The standard InChI is InChI=1S/C22H28N2O4/c25-19(15-5-2-1-3-6-15)23-17-8-4-7-16(13-17)20(26)24-11-9-22(10-12-24)14-18(22)21(27)28/h4,7-8,13,15,18H,1-3,5-6,9-12,14H2,(H,23,25)(H,27,28). The number of hydrogen-bond acceptors (Lipinski definition) is 3. The predicted octanol–water partition coefficient (Wildman–Crippen LogP) is 3.53. The second-order valence-corrected chi connectivity index (χ2v) is 8.65. The third-order valence-electron chi connectivity index (χ3n) is 6.89. The summed E-state index contributed by atoms with van der Waals surface area (Å²) in [5.41, 5.74) is 1.16. The van der Waals surface area contributed by atoms with E-state index in [1.165, 1.54) is 6.42 Å². The fourth-order valence-electron chi connectivity index (χ4n) is 4.93. The van der Waals surface area contributed by atoms with Crippen LogP contribution in [0.2, 0.25) is 0 Å². The van der Waals surface area contributed by atoms with Crippen molar-refractivity contribution in [3.63, 3.8) is 0 Å². The van der Waals surface area contributed by atoms with Crippen LogP contribution in [0.4, 0.5) is 5.69 Å². The van der Waals surface area contributed by atoms with E-state index in [4.69, 9.17) is 0 Å². The molecule has 0 bridgehead atoms. The van der Waals surface area contributed by atoms with Gasteiger partial charge < -0.3 is 15.3 Å². The lowest BCUT2D eigenvalue weighted by atomic mass is 9.88. The highest BCUT2D eigenvalue weighted by Gasteiger charge is 2.59. The molecule has 1 spiro atoms. The summed E-state index contributed by atoms with van der Waals surface area (Å²) in [4.78, 5) is 38.4. The molecule has 2 N–H and O–H groups in total. The van der Waals surface area contributed by atoms with E-state index in [-0.39, 0.29) is 29.1 Å². The third kappa shape index (κ3) is 3.77. The Bertz CT molecular complexity index is 776. The number of hydrogen-bond donors (Lipinski definition) is 2. The van der Waals surface area contributed by atoms with E-state index in [1.54, 1.807) is 18.2 Å². The van der Waals surface area contributed by atoms with Crippen molar-refractivity contribution < 1.29 is 19.5 Å². The lowest BCUT2D eigenvalue weighted by molar-refractivity contribution is -0.139. The van der Waals surface area contributed by atoms with Gasteiger partial charge in [-0.25, -0.2) is 0 Å². The molecule has 150 valence electrons. The maximum absolute atomic E-state index is 12.9. The molecule has 1 aliphatic heterocycles. The summed E-state index contributed by atoms with van der Waals surface area (Å²) >= 11 is 0. The first-order valence-corrected chi connectivity index (χ1v) is 10.4. The molecular weight excluding hydrogens is 356 g/mol. The van der Waals surface area contributed by atoms with Crippen LogP contribution in [-0.2, 0) is 9.59 Å². The number of anilines is 1. The minimum absolute atomic E-state index is 0.0452. The third-order valence-corrected chi connectivity index (χ3v) is 6.89. The zero-order valence-electron chi connectivity index (χ0n) is 16.2. The van der Waals surface area contributed by atoms with Gasteiger partial charge in [0.2, 0.25) is 5.91 Å². The van der Waals surface area contributed by atoms with Crippen molar-refractivity contribution in [1.29, 1.82) is 0 Å². The van der Waals surface area contributed by atoms with Crippen molar-refractivity contribution >= 4 is 23.5 Å². The van der Waals surface area contributed by atoms with Crippen molar-refractivity contribution in [2.24, 2.45) is 17.3 Å². The van der Waals surface area contributed by atoms with Gasteiger partial charge in [0.15, 0.2) is 0 Å². The Hall–Kier alpha value is -2.37. The number of rotatable bonds is 4. The maximum atomic E-state index is 12.9. The van der Waals surface area contributed by atoms with Crippen LogP contribution in [0.15, 0.2) is 24.3 Å². The van der Waals surface area contributed by atoms with Crippen LogP contribution in [0, 0.1) is 17.3 Å². The molecule has 2 saturated carbocycles. The first kappa shape index (κ1) is 19.0. The van der Waals surface area contributed by atoms with E-state index in [9.17, 15) is 19.5 Å².